The van der Waals surface area contributed by atoms with Crippen molar-refractivity contribution in [3.05, 3.63) is 36.7 Å². The summed E-state index contributed by atoms with van der Waals surface area (Å²) >= 11 is 0. The molecule has 1 aromatic heterocycles. The number of rotatable bonds is 5. The summed E-state index contributed by atoms with van der Waals surface area (Å²) < 4.78 is 0. The summed E-state index contributed by atoms with van der Waals surface area (Å²) in [5.74, 6) is 0.0438. The van der Waals surface area contributed by atoms with Crippen LogP contribution < -0.4 is 11.1 Å². The number of anilines is 1. The molecule has 0 bridgehead atoms. The van der Waals surface area contributed by atoms with Crippen LogP contribution in [0.15, 0.2) is 36.7 Å². The Labute approximate surface area is 148 Å². The van der Waals surface area contributed by atoms with Gasteiger partial charge in [0.15, 0.2) is 0 Å². The third kappa shape index (κ3) is 4.33. The van der Waals surface area contributed by atoms with Crippen LogP contribution in [-0.2, 0) is 4.79 Å². The number of halogens is 1. The van der Waals surface area contributed by atoms with Crippen LogP contribution in [0.25, 0.3) is 5.69 Å². The Morgan fingerprint density at radius 2 is 1.75 bits per heavy atom. The normalized spacial score (nSPS) is 16.2. The maximum absolute atomic E-state index is 12.4. The fraction of sp³-hybridized carbons (Fsp3) is 0.471. The molecule has 1 aromatic carbocycles. The third-order valence-corrected chi connectivity index (χ3v) is 4.68. The number of carbonyl (C=O) groups is 1. The standard InChI is InChI=1S/C17H23N5O.ClH/c18-13-17(8-2-1-3-9-17)12-16(23)21-14-4-6-15(7-5-14)22-19-10-11-20-22;/h4-7,10-11H,1-3,8-9,12-13,18H2,(H,21,23);1H. The molecule has 0 spiro atoms. The van der Waals surface area contributed by atoms with E-state index in [0.29, 0.717) is 13.0 Å². The molecule has 1 aliphatic rings. The van der Waals surface area contributed by atoms with Crippen molar-refractivity contribution in [3.63, 3.8) is 0 Å². The van der Waals surface area contributed by atoms with Crippen molar-refractivity contribution < 1.29 is 4.79 Å². The molecule has 3 rings (SSSR count). The fourth-order valence-electron chi connectivity index (χ4n) is 3.33. The van der Waals surface area contributed by atoms with E-state index in [4.69, 9.17) is 5.73 Å². The topological polar surface area (TPSA) is 85.8 Å². The van der Waals surface area contributed by atoms with Gasteiger partial charge >= 0.3 is 0 Å². The van der Waals surface area contributed by atoms with Crippen molar-refractivity contribution in [2.75, 3.05) is 11.9 Å². The lowest BCUT2D eigenvalue weighted by molar-refractivity contribution is -0.118. The number of benzene rings is 1. The van der Waals surface area contributed by atoms with Crippen molar-refractivity contribution in [3.8, 4) is 5.69 Å². The van der Waals surface area contributed by atoms with Gasteiger partial charge in [-0.05, 0) is 49.1 Å². The predicted molar refractivity (Wildman–Crippen MR) is 96.4 cm³/mol. The lowest BCUT2D eigenvalue weighted by Gasteiger charge is -2.35. The highest BCUT2D eigenvalue weighted by Gasteiger charge is 2.32. The zero-order valence-electron chi connectivity index (χ0n) is 13.6. The highest BCUT2D eigenvalue weighted by molar-refractivity contribution is 5.91. The van der Waals surface area contributed by atoms with E-state index in [9.17, 15) is 4.79 Å². The van der Waals surface area contributed by atoms with E-state index < -0.39 is 0 Å². The van der Waals surface area contributed by atoms with Crippen molar-refractivity contribution in [1.29, 1.82) is 0 Å². The van der Waals surface area contributed by atoms with Crippen LogP contribution in [0.2, 0.25) is 0 Å². The van der Waals surface area contributed by atoms with E-state index in [-0.39, 0.29) is 23.7 Å². The molecule has 3 N–H and O–H groups in total. The zero-order chi connectivity index (χ0) is 16.1. The van der Waals surface area contributed by atoms with Crippen LogP contribution in [0.5, 0.6) is 0 Å². The summed E-state index contributed by atoms with van der Waals surface area (Å²) in [6.45, 7) is 0.588. The van der Waals surface area contributed by atoms with Gasteiger partial charge in [0.05, 0.1) is 18.1 Å². The van der Waals surface area contributed by atoms with Crippen LogP contribution in [0, 0.1) is 5.41 Å². The first kappa shape index (κ1) is 18.4. The molecule has 0 saturated heterocycles. The Kier molecular flexibility index (Phi) is 6.34. The van der Waals surface area contributed by atoms with Gasteiger partial charge < -0.3 is 11.1 Å². The van der Waals surface area contributed by atoms with Gasteiger partial charge in [0, 0.05) is 12.1 Å². The van der Waals surface area contributed by atoms with Gasteiger partial charge in [0.2, 0.25) is 5.91 Å². The van der Waals surface area contributed by atoms with E-state index in [2.05, 4.69) is 15.5 Å². The first-order chi connectivity index (χ1) is 11.2. The highest BCUT2D eigenvalue weighted by atomic mass is 35.5. The lowest BCUT2D eigenvalue weighted by Crippen LogP contribution is -2.36. The van der Waals surface area contributed by atoms with E-state index in [1.54, 1.807) is 12.4 Å². The molecule has 0 aliphatic heterocycles. The monoisotopic (exact) mass is 349 g/mol. The minimum absolute atomic E-state index is 0. The number of nitrogens with two attached hydrogens (primary N) is 1. The summed E-state index contributed by atoms with van der Waals surface area (Å²) in [7, 11) is 0. The number of nitrogens with zero attached hydrogens (tertiary/aromatic N) is 3. The largest absolute Gasteiger partial charge is 0.330 e. The Morgan fingerprint density at radius 3 is 2.33 bits per heavy atom. The quantitative estimate of drug-likeness (QED) is 0.869. The molecule has 0 unspecified atom stereocenters. The molecule has 0 atom stereocenters. The Morgan fingerprint density at radius 1 is 1.12 bits per heavy atom. The van der Waals surface area contributed by atoms with Crippen LogP contribution in [-0.4, -0.2) is 27.4 Å². The summed E-state index contributed by atoms with van der Waals surface area (Å²) in [6.07, 6.45) is 9.49. The second-order valence-electron chi connectivity index (χ2n) is 6.36. The molecule has 1 heterocycles. The maximum atomic E-state index is 12.4. The fourth-order valence-corrected chi connectivity index (χ4v) is 3.33. The van der Waals surface area contributed by atoms with Gasteiger partial charge in [-0.15, -0.1) is 12.4 Å². The van der Waals surface area contributed by atoms with Crippen molar-refractivity contribution >= 4 is 24.0 Å². The van der Waals surface area contributed by atoms with Crippen LogP contribution in [0.1, 0.15) is 38.5 Å². The maximum Gasteiger partial charge on any atom is 0.224 e. The smallest absolute Gasteiger partial charge is 0.224 e. The lowest BCUT2D eigenvalue weighted by atomic mass is 9.71. The molecule has 6 nitrogen and oxygen atoms in total. The summed E-state index contributed by atoms with van der Waals surface area (Å²) in [5.41, 5.74) is 7.59. The number of nitrogens with one attached hydrogen (secondary N) is 1. The molecule has 2 aromatic rings. The summed E-state index contributed by atoms with van der Waals surface area (Å²) in [6, 6.07) is 7.50. The van der Waals surface area contributed by atoms with Gasteiger partial charge in [-0.3, -0.25) is 4.79 Å². The van der Waals surface area contributed by atoms with E-state index in [1.165, 1.54) is 24.1 Å². The van der Waals surface area contributed by atoms with Crippen molar-refractivity contribution in [2.45, 2.75) is 38.5 Å². The molecule has 7 heteroatoms. The number of carbonyl (C=O) groups excluding carboxylic acids is 1. The molecular weight excluding hydrogens is 326 g/mol. The molecule has 0 radical (unpaired) electrons. The SMILES string of the molecule is Cl.NCC1(CC(=O)Nc2ccc(-n3nccn3)cc2)CCCCC1. The van der Waals surface area contributed by atoms with Crippen molar-refractivity contribution in [1.82, 2.24) is 15.0 Å². The summed E-state index contributed by atoms with van der Waals surface area (Å²) in [4.78, 5) is 13.9. The minimum atomic E-state index is -0.0126. The zero-order valence-corrected chi connectivity index (χ0v) is 14.5. The van der Waals surface area contributed by atoms with E-state index in [1.807, 2.05) is 24.3 Å². The number of aromatic nitrogens is 3. The summed E-state index contributed by atoms with van der Waals surface area (Å²) in [5, 5.41) is 11.1. The van der Waals surface area contributed by atoms with Crippen LogP contribution >= 0.6 is 12.4 Å². The Balaban J connectivity index is 0.00000208. The molecule has 1 fully saturated rings. The molecule has 1 saturated carbocycles. The molecule has 1 amide bonds. The number of amides is 1. The second kappa shape index (κ2) is 8.26. The van der Waals surface area contributed by atoms with Gasteiger partial charge in [0.1, 0.15) is 0 Å². The van der Waals surface area contributed by atoms with E-state index in [0.717, 1.165) is 24.2 Å². The van der Waals surface area contributed by atoms with Gasteiger partial charge in [-0.25, -0.2) is 0 Å². The average molecular weight is 350 g/mol. The second-order valence-corrected chi connectivity index (χ2v) is 6.36. The first-order valence-corrected chi connectivity index (χ1v) is 8.17. The van der Waals surface area contributed by atoms with Gasteiger partial charge in [-0.1, -0.05) is 19.3 Å². The van der Waals surface area contributed by atoms with E-state index >= 15 is 0 Å². The molecule has 24 heavy (non-hydrogen) atoms. The van der Waals surface area contributed by atoms with Gasteiger partial charge in [0.25, 0.3) is 0 Å². The highest BCUT2D eigenvalue weighted by Crippen LogP contribution is 2.38. The minimum Gasteiger partial charge on any atom is -0.330 e. The van der Waals surface area contributed by atoms with Crippen LogP contribution in [0.4, 0.5) is 5.69 Å². The van der Waals surface area contributed by atoms with Crippen LogP contribution in [0.3, 0.4) is 0 Å². The first-order valence-electron chi connectivity index (χ1n) is 8.17. The molecule has 130 valence electrons. The molecule has 1 aliphatic carbocycles. The molecular formula is C17H24ClN5O. The Hall–Kier alpha value is -1.92. The predicted octanol–water partition coefficient (Wildman–Crippen LogP) is 2.93. The Bertz CT molecular complexity index is 636. The van der Waals surface area contributed by atoms with Crippen molar-refractivity contribution in [2.24, 2.45) is 11.1 Å². The van der Waals surface area contributed by atoms with Gasteiger partial charge in [-0.2, -0.15) is 15.0 Å². The third-order valence-electron chi connectivity index (χ3n) is 4.68. The number of hydrogen-bond acceptors (Lipinski definition) is 4. The average Bonchev–Trinajstić information content (AvgIpc) is 3.11. The number of hydrogen-bond donors (Lipinski definition) is 2.